The van der Waals surface area contributed by atoms with Crippen molar-refractivity contribution in [1.82, 2.24) is 0 Å². The Bertz CT molecular complexity index is 1270. The third-order valence-corrected chi connectivity index (χ3v) is 8.92. The van der Waals surface area contributed by atoms with Gasteiger partial charge in [0.2, 0.25) is 0 Å². The van der Waals surface area contributed by atoms with Crippen LogP contribution in [0.15, 0.2) is 97.1 Å². The molecule has 1 heterocycles. The number of aryl methyl sites for hydroxylation is 4. The molecule has 1 heteroatoms. The van der Waals surface area contributed by atoms with Gasteiger partial charge < -0.3 is 0 Å². The van der Waals surface area contributed by atoms with E-state index in [-0.39, 0.29) is 14.5 Å². The van der Waals surface area contributed by atoms with Gasteiger partial charge in [0.05, 0.1) is 0 Å². The van der Waals surface area contributed by atoms with Crippen molar-refractivity contribution in [3.63, 3.8) is 0 Å². The first-order valence-electron chi connectivity index (χ1n) is 11.4. The van der Waals surface area contributed by atoms with E-state index in [0.717, 1.165) is 0 Å². The van der Waals surface area contributed by atoms with Crippen LogP contribution in [-0.2, 0) is 0 Å². The Morgan fingerprint density at radius 2 is 0.576 bits per heavy atom. The predicted octanol–water partition coefficient (Wildman–Crippen LogP) is 8.65. The summed E-state index contributed by atoms with van der Waals surface area (Å²) in [7, 11) is 0. The summed E-state index contributed by atoms with van der Waals surface area (Å²) in [6.07, 6.45) is 0. The van der Waals surface area contributed by atoms with Crippen LogP contribution in [0.5, 0.6) is 0 Å². The van der Waals surface area contributed by atoms with Crippen LogP contribution < -0.4 is 0 Å². The summed E-state index contributed by atoms with van der Waals surface area (Å²) < 4.78 is 2.94. The molecule has 1 aromatic heterocycles. The fraction of sp³-hybridized carbons (Fsp3) is 0.125. The molecule has 5 aromatic rings. The normalized spacial score (nSPS) is 11.0. The fourth-order valence-electron chi connectivity index (χ4n) is 4.24. The number of hydrogen-bond donors (Lipinski definition) is 0. The molecule has 33 heavy (non-hydrogen) atoms. The minimum absolute atomic E-state index is 0.199. The standard InChI is InChI=1S/C32H28Se/c1-21-5-13-25(14-6-21)29-30(26-15-7-22(2)8-16-26)32(28-19-11-24(4)12-20-28)33-31(29)27-17-9-23(3)10-18-27/h5-20H,1-4H3. The van der Waals surface area contributed by atoms with Crippen molar-refractivity contribution >= 4 is 14.5 Å². The van der Waals surface area contributed by atoms with Gasteiger partial charge in [0.15, 0.2) is 0 Å². The second-order valence-electron chi connectivity index (χ2n) is 8.97. The molecule has 0 amide bonds. The molecule has 0 saturated heterocycles. The molecule has 0 spiro atoms. The molecule has 0 atom stereocenters. The predicted molar refractivity (Wildman–Crippen MR) is 144 cm³/mol. The van der Waals surface area contributed by atoms with Crippen LogP contribution in [0.3, 0.4) is 0 Å². The van der Waals surface area contributed by atoms with E-state index in [2.05, 4.69) is 125 Å². The van der Waals surface area contributed by atoms with Gasteiger partial charge in [-0.3, -0.25) is 0 Å². The molecule has 4 aromatic carbocycles. The molecule has 0 saturated carbocycles. The summed E-state index contributed by atoms with van der Waals surface area (Å²) in [6.45, 7) is 8.64. The van der Waals surface area contributed by atoms with Crippen molar-refractivity contribution in [3.8, 4) is 42.3 Å². The first-order valence-corrected chi connectivity index (χ1v) is 13.2. The van der Waals surface area contributed by atoms with Crippen molar-refractivity contribution in [1.29, 1.82) is 0 Å². The molecule has 0 nitrogen and oxygen atoms in total. The third-order valence-electron chi connectivity index (χ3n) is 6.22. The zero-order valence-corrected chi connectivity index (χ0v) is 21.4. The van der Waals surface area contributed by atoms with Crippen LogP contribution >= 0.6 is 0 Å². The Kier molecular flexibility index (Phi) is 5.94. The van der Waals surface area contributed by atoms with Gasteiger partial charge >= 0.3 is 204 Å². The minimum atomic E-state index is 0.199. The summed E-state index contributed by atoms with van der Waals surface area (Å²) in [4.78, 5) is 0. The summed E-state index contributed by atoms with van der Waals surface area (Å²) in [5.74, 6) is 0. The van der Waals surface area contributed by atoms with Gasteiger partial charge in [-0.05, 0) is 0 Å². The number of benzene rings is 4. The zero-order chi connectivity index (χ0) is 22.9. The third kappa shape index (κ3) is 4.40. The quantitative estimate of drug-likeness (QED) is 0.221. The van der Waals surface area contributed by atoms with Crippen LogP contribution in [-0.4, -0.2) is 14.5 Å². The Labute approximate surface area is 203 Å². The fourth-order valence-corrected chi connectivity index (χ4v) is 7.08. The van der Waals surface area contributed by atoms with E-state index in [9.17, 15) is 0 Å². The van der Waals surface area contributed by atoms with Crippen LogP contribution in [0.2, 0.25) is 0 Å². The van der Waals surface area contributed by atoms with Gasteiger partial charge in [-0.1, -0.05) is 0 Å². The van der Waals surface area contributed by atoms with Gasteiger partial charge in [0.1, 0.15) is 0 Å². The summed E-state index contributed by atoms with van der Waals surface area (Å²) in [5.41, 5.74) is 13.2. The zero-order valence-electron chi connectivity index (χ0n) is 19.6. The second kappa shape index (κ2) is 9.02. The summed E-state index contributed by atoms with van der Waals surface area (Å²) in [5, 5.41) is 0. The molecule has 5 rings (SSSR count). The van der Waals surface area contributed by atoms with E-state index in [1.54, 1.807) is 0 Å². The molecule has 0 aliphatic rings. The molecular weight excluding hydrogens is 463 g/mol. The van der Waals surface area contributed by atoms with E-state index in [1.165, 1.54) is 64.5 Å². The maximum atomic E-state index is 2.30. The molecule has 162 valence electrons. The number of hydrogen-bond acceptors (Lipinski definition) is 0. The summed E-state index contributed by atoms with van der Waals surface area (Å²) >= 11 is 0.199. The van der Waals surface area contributed by atoms with E-state index in [4.69, 9.17) is 0 Å². The molecule has 0 radical (unpaired) electrons. The van der Waals surface area contributed by atoms with E-state index in [1.807, 2.05) is 0 Å². The van der Waals surface area contributed by atoms with Crippen molar-refractivity contribution < 1.29 is 0 Å². The molecule has 0 fully saturated rings. The van der Waals surface area contributed by atoms with E-state index >= 15 is 0 Å². The van der Waals surface area contributed by atoms with Crippen LogP contribution in [0, 0.1) is 27.7 Å². The maximum absolute atomic E-state index is 2.30. The molecular formula is C32H28Se. The first-order chi connectivity index (χ1) is 16.0. The molecule has 0 N–H and O–H groups in total. The Balaban J connectivity index is 1.86. The van der Waals surface area contributed by atoms with Gasteiger partial charge in [0, 0.05) is 0 Å². The van der Waals surface area contributed by atoms with Gasteiger partial charge in [0.25, 0.3) is 0 Å². The van der Waals surface area contributed by atoms with Gasteiger partial charge in [-0.15, -0.1) is 0 Å². The average Bonchev–Trinajstić information content (AvgIpc) is 3.21. The van der Waals surface area contributed by atoms with Crippen LogP contribution in [0.4, 0.5) is 0 Å². The molecule has 0 aliphatic heterocycles. The van der Waals surface area contributed by atoms with E-state index in [0.29, 0.717) is 0 Å². The van der Waals surface area contributed by atoms with Crippen LogP contribution in [0.25, 0.3) is 42.3 Å². The monoisotopic (exact) mass is 492 g/mol. The average molecular weight is 492 g/mol. The van der Waals surface area contributed by atoms with Crippen molar-refractivity contribution in [3.05, 3.63) is 119 Å². The molecule has 0 unspecified atom stereocenters. The molecule has 0 aliphatic carbocycles. The van der Waals surface area contributed by atoms with Crippen LogP contribution in [0.1, 0.15) is 22.3 Å². The van der Waals surface area contributed by atoms with E-state index < -0.39 is 0 Å². The SMILES string of the molecule is Cc1ccc(-c2[se]c(-c3ccc(C)cc3)c(-c3ccc(C)cc3)c2-c2ccc(C)cc2)cc1. The Morgan fingerprint density at radius 3 is 0.848 bits per heavy atom. The second-order valence-corrected chi connectivity index (χ2v) is 11.1. The van der Waals surface area contributed by atoms with Gasteiger partial charge in [-0.2, -0.15) is 0 Å². The molecule has 0 bridgehead atoms. The Hall–Kier alpha value is -3.12. The number of rotatable bonds is 4. The van der Waals surface area contributed by atoms with Crippen molar-refractivity contribution in [2.45, 2.75) is 27.7 Å². The Morgan fingerprint density at radius 1 is 0.333 bits per heavy atom. The summed E-state index contributed by atoms with van der Waals surface area (Å²) in [6, 6.07) is 36.2. The van der Waals surface area contributed by atoms with Crippen molar-refractivity contribution in [2.75, 3.05) is 0 Å². The first kappa shape index (κ1) is 21.7. The van der Waals surface area contributed by atoms with Crippen molar-refractivity contribution in [2.24, 2.45) is 0 Å². The van der Waals surface area contributed by atoms with Gasteiger partial charge in [-0.25, -0.2) is 0 Å². The topological polar surface area (TPSA) is 0 Å².